The minimum Gasteiger partial charge on any atom is -0.496 e. The molecule has 0 radical (unpaired) electrons. The fourth-order valence-corrected chi connectivity index (χ4v) is 4.79. The zero-order chi connectivity index (χ0) is 22.5. The number of methoxy groups -OCH3 is 1. The second-order valence-electron chi connectivity index (χ2n) is 8.47. The Morgan fingerprint density at radius 2 is 1.82 bits per heavy atom. The first-order valence-electron chi connectivity index (χ1n) is 10.8. The smallest absolute Gasteiger partial charge is 0.257 e. The van der Waals surface area contributed by atoms with Crippen LogP contribution in [0.2, 0.25) is 0 Å². The van der Waals surface area contributed by atoms with Gasteiger partial charge in [-0.15, -0.1) is 0 Å². The number of ether oxygens (including phenoxy) is 1. The van der Waals surface area contributed by atoms with E-state index in [1.54, 1.807) is 36.3 Å². The highest BCUT2D eigenvalue weighted by Gasteiger charge is 2.37. The third kappa shape index (κ3) is 3.22. The van der Waals surface area contributed by atoms with Gasteiger partial charge in [0.05, 0.1) is 7.11 Å². The van der Waals surface area contributed by atoms with Gasteiger partial charge in [-0.05, 0) is 41.3 Å². The molecule has 33 heavy (non-hydrogen) atoms. The topological polar surface area (TPSA) is 91.4 Å². The number of aromatic amines is 1. The van der Waals surface area contributed by atoms with E-state index in [4.69, 9.17) is 4.74 Å². The molecule has 2 aliphatic heterocycles. The van der Waals surface area contributed by atoms with Crippen LogP contribution in [0.5, 0.6) is 5.75 Å². The number of carbonyl (C=O) groups excluding carboxylic acids is 2. The Morgan fingerprint density at radius 3 is 2.67 bits per heavy atom. The second-order valence-corrected chi connectivity index (χ2v) is 8.47. The summed E-state index contributed by atoms with van der Waals surface area (Å²) in [5.74, 6) is 0.739. The molecule has 1 aromatic heterocycles. The minimum absolute atomic E-state index is 0.0349. The molecule has 2 aliphatic rings. The van der Waals surface area contributed by atoms with Gasteiger partial charge < -0.3 is 14.5 Å². The molecule has 6 rings (SSSR count). The largest absolute Gasteiger partial charge is 0.496 e. The molecule has 1 saturated heterocycles. The molecule has 3 heterocycles. The molecule has 0 spiro atoms. The number of aromatic nitrogens is 3. The van der Waals surface area contributed by atoms with Crippen LogP contribution < -0.4 is 4.74 Å². The van der Waals surface area contributed by atoms with Crippen LogP contribution in [0, 0.1) is 5.92 Å². The number of hydrogen-bond acceptors (Lipinski definition) is 5. The summed E-state index contributed by atoms with van der Waals surface area (Å²) < 4.78 is 5.52. The van der Waals surface area contributed by atoms with Crippen molar-refractivity contribution in [1.29, 1.82) is 0 Å². The van der Waals surface area contributed by atoms with Gasteiger partial charge in [-0.3, -0.25) is 9.59 Å². The van der Waals surface area contributed by atoms with E-state index in [1.807, 2.05) is 41.4 Å². The molecule has 0 bridgehead atoms. The number of nitrogens with one attached hydrogen (secondary N) is 1. The van der Waals surface area contributed by atoms with Crippen molar-refractivity contribution >= 4 is 33.6 Å². The van der Waals surface area contributed by atoms with E-state index in [0.717, 1.165) is 21.9 Å². The maximum Gasteiger partial charge on any atom is 0.257 e. The summed E-state index contributed by atoms with van der Waals surface area (Å²) in [5.41, 5.74) is 3.69. The van der Waals surface area contributed by atoms with E-state index in [1.165, 1.54) is 0 Å². The number of H-pyrrole nitrogens is 1. The van der Waals surface area contributed by atoms with Gasteiger partial charge in [0.25, 0.3) is 11.8 Å². The lowest BCUT2D eigenvalue weighted by Crippen LogP contribution is -2.33. The van der Waals surface area contributed by atoms with Gasteiger partial charge in [-0.1, -0.05) is 24.3 Å². The standard InChI is InChI=1S/C25H21N5O3/c1-33-23-10-17(8-15-4-2-3-5-20(15)23)25(32)30-13-18-11-29(12-19(18)14-30)24(31)16-6-7-21-22(9-16)27-28-26-21/h2-10,13,19H,11-12,14H2,1H3,(H,26,27,28)/t19-/m1/s1. The first-order chi connectivity index (χ1) is 16.1. The van der Waals surface area contributed by atoms with E-state index >= 15 is 0 Å². The van der Waals surface area contributed by atoms with Crippen LogP contribution in [0.4, 0.5) is 0 Å². The predicted octanol–water partition coefficient (Wildman–Crippen LogP) is 3.23. The molecule has 2 amide bonds. The van der Waals surface area contributed by atoms with E-state index in [9.17, 15) is 9.59 Å². The molecule has 1 N–H and O–H groups in total. The molecule has 4 aromatic rings. The summed E-state index contributed by atoms with van der Waals surface area (Å²) in [5, 5.41) is 12.6. The molecular weight excluding hydrogens is 418 g/mol. The number of benzene rings is 3. The van der Waals surface area contributed by atoms with Crippen molar-refractivity contribution in [2.45, 2.75) is 0 Å². The molecule has 0 unspecified atom stereocenters. The molecule has 3 aromatic carbocycles. The van der Waals surface area contributed by atoms with Crippen molar-refractivity contribution in [3.63, 3.8) is 0 Å². The highest BCUT2D eigenvalue weighted by molar-refractivity contribution is 6.02. The molecule has 0 aliphatic carbocycles. The third-order valence-electron chi connectivity index (χ3n) is 6.48. The maximum absolute atomic E-state index is 13.3. The number of carbonyl (C=O) groups is 2. The number of rotatable bonds is 3. The lowest BCUT2D eigenvalue weighted by molar-refractivity contribution is 0.0774. The minimum atomic E-state index is -0.0599. The zero-order valence-electron chi connectivity index (χ0n) is 18.0. The Hall–Kier alpha value is -4.20. The third-order valence-corrected chi connectivity index (χ3v) is 6.48. The fraction of sp³-hybridized carbons (Fsp3) is 0.200. The monoisotopic (exact) mass is 439 g/mol. The maximum atomic E-state index is 13.3. The van der Waals surface area contributed by atoms with E-state index in [2.05, 4.69) is 15.4 Å². The van der Waals surface area contributed by atoms with Crippen LogP contribution in [-0.4, -0.2) is 63.8 Å². The van der Waals surface area contributed by atoms with Crippen LogP contribution in [0.25, 0.3) is 21.8 Å². The zero-order valence-corrected chi connectivity index (χ0v) is 18.0. The van der Waals surface area contributed by atoms with Crippen molar-refractivity contribution in [3.05, 3.63) is 77.5 Å². The first-order valence-corrected chi connectivity index (χ1v) is 10.8. The Labute approximate surface area is 189 Å². The molecule has 1 atom stereocenters. The van der Waals surface area contributed by atoms with Gasteiger partial charge in [0, 0.05) is 48.3 Å². The lowest BCUT2D eigenvalue weighted by atomic mass is 10.0. The summed E-state index contributed by atoms with van der Waals surface area (Å²) in [7, 11) is 1.62. The molecule has 1 fully saturated rings. The van der Waals surface area contributed by atoms with Gasteiger partial charge in [0.15, 0.2) is 0 Å². The second kappa shape index (κ2) is 7.44. The SMILES string of the molecule is COc1cc(C(=O)N2C=C3CN(C(=O)c4ccc5n[nH]nc5c4)C[C@@H]3C2)cc2ccccc12. The summed E-state index contributed by atoms with van der Waals surface area (Å²) in [4.78, 5) is 29.9. The fourth-order valence-electron chi connectivity index (χ4n) is 4.79. The van der Waals surface area contributed by atoms with E-state index in [-0.39, 0.29) is 17.7 Å². The number of fused-ring (bicyclic) bond motifs is 3. The van der Waals surface area contributed by atoms with E-state index in [0.29, 0.717) is 42.0 Å². The molecule has 8 nitrogen and oxygen atoms in total. The van der Waals surface area contributed by atoms with Gasteiger partial charge in [0.2, 0.25) is 0 Å². The predicted molar refractivity (Wildman–Crippen MR) is 123 cm³/mol. The van der Waals surface area contributed by atoms with Gasteiger partial charge >= 0.3 is 0 Å². The number of hydrogen-bond donors (Lipinski definition) is 1. The average Bonchev–Trinajstić information content (AvgIpc) is 3.56. The Morgan fingerprint density at radius 1 is 0.970 bits per heavy atom. The molecule has 8 heteroatoms. The van der Waals surface area contributed by atoms with Crippen LogP contribution in [0.1, 0.15) is 20.7 Å². The van der Waals surface area contributed by atoms with Gasteiger partial charge in [0.1, 0.15) is 16.8 Å². The van der Waals surface area contributed by atoms with Gasteiger partial charge in [-0.2, -0.15) is 15.4 Å². The van der Waals surface area contributed by atoms with E-state index < -0.39 is 0 Å². The quantitative estimate of drug-likeness (QED) is 0.529. The number of likely N-dealkylation sites (tertiary alicyclic amines) is 1. The van der Waals surface area contributed by atoms with Gasteiger partial charge in [-0.25, -0.2) is 0 Å². The van der Waals surface area contributed by atoms with Crippen molar-refractivity contribution in [2.24, 2.45) is 5.92 Å². The van der Waals surface area contributed by atoms with Crippen molar-refractivity contribution in [2.75, 3.05) is 26.7 Å². The average molecular weight is 439 g/mol. The molecule has 0 saturated carbocycles. The van der Waals surface area contributed by atoms with Crippen LogP contribution in [0.3, 0.4) is 0 Å². The highest BCUT2D eigenvalue weighted by Crippen LogP contribution is 2.33. The first kappa shape index (κ1) is 19.5. The lowest BCUT2D eigenvalue weighted by Gasteiger charge is -2.20. The van der Waals surface area contributed by atoms with Crippen molar-refractivity contribution < 1.29 is 14.3 Å². The van der Waals surface area contributed by atoms with Crippen LogP contribution >= 0.6 is 0 Å². The van der Waals surface area contributed by atoms with Crippen LogP contribution in [0.15, 0.2) is 66.4 Å². The Balaban J connectivity index is 1.21. The molecule has 164 valence electrons. The Kier molecular flexibility index (Phi) is 4.39. The van der Waals surface area contributed by atoms with Crippen LogP contribution in [-0.2, 0) is 0 Å². The number of nitrogens with zero attached hydrogens (tertiary/aromatic N) is 4. The van der Waals surface area contributed by atoms with Crippen molar-refractivity contribution in [3.8, 4) is 5.75 Å². The summed E-state index contributed by atoms with van der Waals surface area (Å²) in [6, 6.07) is 16.9. The van der Waals surface area contributed by atoms with Crippen molar-refractivity contribution in [1.82, 2.24) is 25.2 Å². The number of amides is 2. The Bertz CT molecular complexity index is 1460. The summed E-state index contributed by atoms with van der Waals surface area (Å²) >= 11 is 0. The highest BCUT2D eigenvalue weighted by atomic mass is 16.5. The summed E-state index contributed by atoms with van der Waals surface area (Å²) in [6.07, 6.45) is 1.91. The normalized spacial score (nSPS) is 17.5. The summed E-state index contributed by atoms with van der Waals surface area (Å²) in [6.45, 7) is 1.67. The molecular formula is C25H21N5O3.